The van der Waals surface area contributed by atoms with Crippen LogP contribution in [0.4, 0.5) is 0 Å². The van der Waals surface area contributed by atoms with Crippen LogP contribution in [0.3, 0.4) is 0 Å². The van der Waals surface area contributed by atoms with Crippen LogP contribution in [0, 0.1) is 0 Å². The fourth-order valence-corrected chi connectivity index (χ4v) is 6.73. The maximum Gasteiger partial charge on any atom is 0.0972 e. The van der Waals surface area contributed by atoms with E-state index in [4.69, 9.17) is 9.97 Å². The van der Waals surface area contributed by atoms with Gasteiger partial charge >= 0.3 is 0 Å². The van der Waals surface area contributed by atoms with E-state index in [0.29, 0.717) is 0 Å². The molecule has 0 atom stereocenters. The number of rotatable bonds is 3. The van der Waals surface area contributed by atoms with Crippen LogP contribution in [0.15, 0.2) is 158 Å². The van der Waals surface area contributed by atoms with E-state index in [9.17, 15) is 0 Å². The predicted octanol–water partition coefficient (Wildman–Crippen LogP) is 11.2. The van der Waals surface area contributed by atoms with Crippen LogP contribution < -0.4 is 0 Å². The Labute approximate surface area is 254 Å². The molecule has 9 rings (SSSR count). The standard InChI is InChI=1S/C42H26N2/c1-2-10-27(11-3-1)38-24-20-28-18-19-29-21-25-39(44-42(29)41(28)43-38)36-22-23-37(35-17-9-8-16-34(35)36)40-32-14-6-4-12-30(32)26-31-13-5-7-15-33(31)40/h1-26H. The highest BCUT2D eigenvalue weighted by Crippen LogP contribution is 2.42. The molecular weight excluding hydrogens is 532 g/mol. The van der Waals surface area contributed by atoms with Gasteiger partial charge in [-0.2, -0.15) is 0 Å². The minimum absolute atomic E-state index is 0.922. The zero-order valence-electron chi connectivity index (χ0n) is 23.9. The second-order valence-electron chi connectivity index (χ2n) is 11.4. The number of benzene rings is 7. The fourth-order valence-electron chi connectivity index (χ4n) is 6.73. The van der Waals surface area contributed by atoms with Crippen LogP contribution >= 0.6 is 0 Å². The van der Waals surface area contributed by atoms with Crippen LogP contribution in [-0.4, -0.2) is 9.97 Å². The SMILES string of the molecule is c1ccc(-c2ccc3ccc4ccc(-c5ccc(-c6c7ccccc7cc7ccccc67)c6ccccc56)nc4c3n2)cc1. The molecule has 0 spiro atoms. The van der Waals surface area contributed by atoms with E-state index in [-0.39, 0.29) is 0 Å². The molecule has 0 aliphatic rings. The summed E-state index contributed by atoms with van der Waals surface area (Å²) in [6.45, 7) is 0. The Morgan fingerprint density at radius 3 is 1.45 bits per heavy atom. The lowest BCUT2D eigenvalue weighted by Gasteiger charge is -2.16. The maximum atomic E-state index is 5.30. The Morgan fingerprint density at radius 2 is 0.795 bits per heavy atom. The average Bonchev–Trinajstić information content (AvgIpc) is 3.10. The van der Waals surface area contributed by atoms with Crippen molar-refractivity contribution < 1.29 is 0 Å². The number of fused-ring (bicyclic) bond motifs is 6. The van der Waals surface area contributed by atoms with E-state index in [1.807, 2.05) is 6.07 Å². The monoisotopic (exact) mass is 558 g/mol. The van der Waals surface area contributed by atoms with Gasteiger partial charge in [-0.3, -0.25) is 0 Å². The lowest BCUT2D eigenvalue weighted by molar-refractivity contribution is 1.37. The Kier molecular flexibility index (Phi) is 5.54. The van der Waals surface area contributed by atoms with Crippen molar-refractivity contribution in [2.45, 2.75) is 0 Å². The van der Waals surface area contributed by atoms with Crippen molar-refractivity contribution in [1.29, 1.82) is 0 Å². The number of aromatic nitrogens is 2. The maximum absolute atomic E-state index is 5.30. The van der Waals surface area contributed by atoms with E-state index in [1.54, 1.807) is 0 Å². The summed E-state index contributed by atoms with van der Waals surface area (Å²) in [7, 11) is 0. The molecule has 0 fully saturated rings. The highest BCUT2D eigenvalue weighted by Gasteiger charge is 2.16. The van der Waals surface area contributed by atoms with Crippen LogP contribution in [0.5, 0.6) is 0 Å². The van der Waals surface area contributed by atoms with Crippen LogP contribution in [-0.2, 0) is 0 Å². The summed E-state index contributed by atoms with van der Waals surface area (Å²) < 4.78 is 0. The second kappa shape index (κ2) is 9.86. The highest BCUT2D eigenvalue weighted by molar-refractivity contribution is 6.18. The molecule has 2 heterocycles. The Balaban J connectivity index is 1.28. The molecule has 2 heteroatoms. The molecule has 0 saturated carbocycles. The summed E-state index contributed by atoms with van der Waals surface area (Å²) in [5, 5.41) is 9.61. The number of hydrogen-bond acceptors (Lipinski definition) is 2. The molecule has 7 aromatic carbocycles. The highest BCUT2D eigenvalue weighted by atomic mass is 14.8. The summed E-state index contributed by atoms with van der Waals surface area (Å²) in [5.74, 6) is 0. The van der Waals surface area contributed by atoms with Gasteiger partial charge in [0.25, 0.3) is 0 Å². The Morgan fingerprint density at radius 1 is 0.318 bits per heavy atom. The van der Waals surface area contributed by atoms with Crippen molar-refractivity contribution in [2.75, 3.05) is 0 Å². The van der Waals surface area contributed by atoms with Crippen molar-refractivity contribution in [2.24, 2.45) is 0 Å². The predicted molar refractivity (Wildman–Crippen MR) is 186 cm³/mol. The van der Waals surface area contributed by atoms with Gasteiger partial charge in [0.05, 0.1) is 22.4 Å². The molecule has 2 aromatic heterocycles. The molecule has 0 saturated heterocycles. The summed E-state index contributed by atoms with van der Waals surface area (Å²) in [4.78, 5) is 10.4. The van der Waals surface area contributed by atoms with Crippen LogP contribution in [0.25, 0.3) is 87.8 Å². The number of pyridine rings is 2. The minimum Gasteiger partial charge on any atom is -0.245 e. The van der Waals surface area contributed by atoms with E-state index in [2.05, 4.69) is 152 Å². The molecule has 0 aliphatic heterocycles. The van der Waals surface area contributed by atoms with E-state index in [1.165, 1.54) is 43.4 Å². The largest absolute Gasteiger partial charge is 0.245 e. The zero-order valence-corrected chi connectivity index (χ0v) is 23.9. The van der Waals surface area contributed by atoms with Crippen LogP contribution in [0.2, 0.25) is 0 Å². The summed E-state index contributed by atoms with van der Waals surface area (Å²) in [6.07, 6.45) is 0. The van der Waals surface area contributed by atoms with Gasteiger partial charge in [-0.25, -0.2) is 9.97 Å². The molecule has 0 bridgehead atoms. The first-order valence-electron chi connectivity index (χ1n) is 15.0. The van der Waals surface area contributed by atoms with Gasteiger partial charge in [0.1, 0.15) is 0 Å². The fraction of sp³-hybridized carbons (Fsp3) is 0. The van der Waals surface area contributed by atoms with Crippen molar-refractivity contribution in [3.05, 3.63) is 158 Å². The van der Waals surface area contributed by atoms with Crippen molar-refractivity contribution >= 4 is 54.1 Å². The van der Waals surface area contributed by atoms with Crippen LogP contribution in [0.1, 0.15) is 0 Å². The summed E-state index contributed by atoms with van der Waals surface area (Å²) in [5.41, 5.74) is 8.48. The molecule has 0 radical (unpaired) electrons. The third-order valence-corrected chi connectivity index (χ3v) is 8.83. The van der Waals surface area contributed by atoms with Gasteiger partial charge in [-0.15, -0.1) is 0 Å². The molecule has 204 valence electrons. The first kappa shape index (κ1) is 24.7. The minimum atomic E-state index is 0.922. The molecular formula is C42H26N2. The van der Waals surface area contributed by atoms with E-state index >= 15 is 0 Å². The smallest absolute Gasteiger partial charge is 0.0972 e. The van der Waals surface area contributed by atoms with Gasteiger partial charge in [0, 0.05) is 21.9 Å². The van der Waals surface area contributed by atoms with Gasteiger partial charge in [0.2, 0.25) is 0 Å². The first-order valence-corrected chi connectivity index (χ1v) is 15.0. The number of nitrogens with zero attached hydrogens (tertiary/aromatic N) is 2. The normalized spacial score (nSPS) is 11.6. The Hall–Kier alpha value is -5.86. The quantitative estimate of drug-likeness (QED) is 0.159. The molecule has 0 aliphatic carbocycles. The molecule has 2 nitrogen and oxygen atoms in total. The number of hydrogen-bond donors (Lipinski definition) is 0. The van der Waals surface area contributed by atoms with Gasteiger partial charge in [0.15, 0.2) is 0 Å². The van der Waals surface area contributed by atoms with Crippen molar-refractivity contribution in [3.63, 3.8) is 0 Å². The van der Waals surface area contributed by atoms with Gasteiger partial charge < -0.3 is 0 Å². The third kappa shape index (κ3) is 3.89. The summed E-state index contributed by atoms with van der Waals surface area (Å²) in [6, 6.07) is 56.2. The molecule has 9 aromatic rings. The van der Waals surface area contributed by atoms with E-state index < -0.39 is 0 Å². The van der Waals surface area contributed by atoms with Gasteiger partial charge in [-0.05, 0) is 61.6 Å². The molecule has 0 amide bonds. The third-order valence-electron chi connectivity index (χ3n) is 8.83. The summed E-state index contributed by atoms with van der Waals surface area (Å²) >= 11 is 0. The molecule has 0 N–H and O–H groups in total. The Bertz CT molecular complexity index is 2490. The lowest BCUT2D eigenvalue weighted by Crippen LogP contribution is -1.93. The average molecular weight is 559 g/mol. The van der Waals surface area contributed by atoms with Crippen molar-refractivity contribution in [3.8, 4) is 33.6 Å². The molecule has 0 unspecified atom stereocenters. The van der Waals surface area contributed by atoms with E-state index in [0.717, 1.165) is 44.3 Å². The van der Waals surface area contributed by atoms with Gasteiger partial charge in [-0.1, -0.05) is 140 Å². The first-order chi connectivity index (χ1) is 21.8. The topological polar surface area (TPSA) is 25.8 Å². The lowest BCUT2D eigenvalue weighted by atomic mass is 9.88. The second-order valence-corrected chi connectivity index (χ2v) is 11.4. The zero-order chi connectivity index (χ0) is 29.0. The molecule has 44 heavy (non-hydrogen) atoms. The van der Waals surface area contributed by atoms with Crippen molar-refractivity contribution in [1.82, 2.24) is 9.97 Å².